The van der Waals surface area contributed by atoms with Crippen molar-refractivity contribution >= 4 is 83.8 Å². The molecule has 5 aromatic rings. The van der Waals surface area contributed by atoms with Crippen LogP contribution < -0.4 is 73.1 Å². The van der Waals surface area contributed by atoms with E-state index in [1.54, 1.807) is 13.8 Å². The number of unbranched alkanes of at least 4 members (excludes halogenated alkanes) is 7. The van der Waals surface area contributed by atoms with Crippen LogP contribution in [0.1, 0.15) is 163 Å². The molecule has 38 nitrogen and oxygen atoms in total. The van der Waals surface area contributed by atoms with E-state index in [0.29, 0.717) is 19.2 Å². The lowest BCUT2D eigenvalue weighted by Crippen LogP contribution is -2.65. The van der Waals surface area contributed by atoms with Crippen molar-refractivity contribution in [3.05, 3.63) is 111 Å². The van der Waals surface area contributed by atoms with Crippen molar-refractivity contribution in [1.82, 2.24) is 47.9 Å². The number of carbonyl (C=O) groups excluding carboxylic acids is 7. The van der Waals surface area contributed by atoms with Crippen molar-refractivity contribution < 1.29 is 132 Å². The lowest BCUT2D eigenvalue weighted by molar-refractivity contribution is -0.334. The Morgan fingerprint density at radius 2 is 1.31 bits per heavy atom. The highest BCUT2D eigenvalue weighted by atomic mass is 35.5. The van der Waals surface area contributed by atoms with Crippen molar-refractivity contribution in [2.75, 3.05) is 44.9 Å². The summed E-state index contributed by atoms with van der Waals surface area (Å²) in [6.45, 7) is 9.73. The van der Waals surface area contributed by atoms with Gasteiger partial charge in [0.1, 0.15) is 95.7 Å². The number of hydrogen-bond donors (Lipinski definition) is 23. The number of carboxylic acid groups (broad SMARTS) is 1. The molecule has 1 unspecified atom stereocenters. The van der Waals surface area contributed by atoms with Crippen LogP contribution in [0.25, 0.3) is 11.1 Å². The topological polar surface area (TPSA) is 598 Å². The molecule has 0 saturated carbocycles. The van der Waals surface area contributed by atoms with Gasteiger partial charge in [0, 0.05) is 41.7 Å². The van der Waals surface area contributed by atoms with Gasteiger partial charge in [-0.25, -0.2) is 4.79 Å². The number of fused-ring (bicyclic) bond motifs is 15. The van der Waals surface area contributed by atoms with E-state index in [2.05, 4.69) is 60.1 Å². The van der Waals surface area contributed by atoms with Gasteiger partial charge in [0.05, 0.1) is 41.3 Å². The summed E-state index contributed by atoms with van der Waals surface area (Å²) in [6.07, 6.45) is -10.8. The third-order valence-corrected chi connectivity index (χ3v) is 22.6. The van der Waals surface area contributed by atoms with Crippen LogP contribution in [0, 0.1) is 5.92 Å². The number of rotatable bonds is 29. The standard InChI is InChI=1S/C79H104Cl2N11O27P/c1-7-8-9-10-11-12-13-14-21-84-22-23-86-79(5)32-55(114-36(4)70(79)102)118-69-67(101)65(99)53(33-93)117-78(69)119-68-51-28-40-29-52(68)116-50-20-17-39(27-44(50)81)64(98)62-76(108)90-59(77(109)110)42-30-48(95)60(85-34-120(111,112)113)66(100)56(42)41-25-37(15-18-47(41)94)57(73(105)92-62)89-74(106)58(40)88-72(104)46(31-54(82)96)87-75(107)61(91-71(103)45(83-6)24-35(2)3)63(97)38-16-19-49(115-51)43(80)26-38/h15-20,25-30,35-36,45-46,53,55,57-59,61-65,67,69-70,78,83-86,93-95,97-102H,7-14,21-24,31-34H2,1-6H3,(H2,82,96)(H,87,107)(H,88,104)(H,89,106)(H,90,108)(H,91,103)(H,92,105)(H,109,110)(H2,111,112,113)/t36-,45+,46-,53+,55+,57+,58+,59-,61?,62-,63+,64+,65+,67-,69+,70+,78-,79-/m0/s1. The van der Waals surface area contributed by atoms with E-state index in [-0.39, 0.29) is 40.7 Å². The molecule has 24 N–H and O–H groups in total. The van der Waals surface area contributed by atoms with E-state index < -0.39 is 262 Å². The summed E-state index contributed by atoms with van der Waals surface area (Å²) >= 11 is 14.3. The first kappa shape index (κ1) is 93.0. The number of aliphatic hydroxyl groups excluding tert-OH is 6. The zero-order valence-corrected chi connectivity index (χ0v) is 68.8. The molecule has 656 valence electrons. The van der Waals surface area contributed by atoms with Crippen molar-refractivity contribution in [1.29, 1.82) is 0 Å². The molecule has 0 radical (unpaired) electrons. The Morgan fingerprint density at radius 3 is 1.91 bits per heavy atom. The zero-order valence-electron chi connectivity index (χ0n) is 66.4. The molecule has 0 aliphatic carbocycles. The molecule has 120 heavy (non-hydrogen) atoms. The third kappa shape index (κ3) is 22.3. The van der Waals surface area contributed by atoms with E-state index in [0.717, 1.165) is 80.4 Å². The number of aliphatic hydroxyl groups is 6. The summed E-state index contributed by atoms with van der Waals surface area (Å²) in [5, 5.41) is 143. The molecule has 0 aromatic heterocycles. The molecule has 5 aromatic carbocycles. The van der Waals surface area contributed by atoms with Gasteiger partial charge in [-0.1, -0.05) is 107 Å². The highest BCUT2D eigenvalue weighted by Gasteiger charge is 2.52. The molecule has 2 fully saturated rings. The van der Waals surface area contributed by atoms with Gasteiger partial charge < -0.3 is 148 Å². The third-order valence-electron chi connectivity index (χ3n) is 21.4. The summed E-state index contributed by atoms with van der Waals surface area (Å²) in [5.41, 5.74) is -0.0196. The average Bonchev–Trinajstić information content (AvgIpc) is 0.755. The molecule has 41 heteroatoms. The fourth-order valence-corrected chi connectivity index (χ4v) is 15.8. The second-order valence-electron chi connectivity index (χ2n) is 30.9. The normalized spacial score (nSPS) is 26.8. The number of carbonyl (C=O) groups is 8. The van der Waals surface area contributed by atoms with Crippen molar-refractivity contribution in [3.8, 4) is 57.1 Å². The van der Waals surface area contributed by atoms with E-state index in [4.69, 9.17) is 57.4 Å². The minimum absolute atomic E-state index is 0.124. The fourth-order valence-electron chi connectivity index (χ4n) is 15.0. The minimum Gasteiger partial charge on any atom is -0.507 e. The smallest absolute Gasteiger partial charge is 0.344 e. The summed E-state index contributed by atoms with van der Waals surface area (Å²) in [7, 11) is -3.60. The maximum atomic E-state index is 16.3. The lowest BCUT2D eigenvalue weighted by Gasteiger charge is -2.48. The predicted molar refractivity (Wildman–Crippen MR) is 429 cm³/mol. The molecular weight excluding hydrogens is 1640 g/mol. The van der Waals surface area contributed by atoms with Crippen LogP contribution >= 0.6 is 30.8 Å². The molecule has 7 amide bonds. The Kier molecular flexibility index (Phi) is 31.5. The maximum absolute atomic E-state index is 16.3. The van der Waals surface area contributed by atoms with E-state index in [1.165, 1.54) is 51.3 Å². The molecule has 18 atom stereocenters. The number of aliphatic carboxylic acids is 1. The van der Waals surface area contributed by atoms with Gasteiger partial charge in [0.15, 0.2) is 35.7 Å². The first-order chi connectivity index (χ1) is 56.8. The van der Waals surface area contributed by atoms with Crippen LogP contribution in [-0.4, -0.2) is 227 Å². The Bertz CT molecular complexity index is 4630. The van der Waals surface area contributed by atoms with Gasteiger partial charge >= 0.3 is 13.6 Å². The van der Waals surface area contributed by atoms with Crippen molar-refractivity contribution in [2.45, 2.75) is 214 Å². The van der Waals surface area contributed by atoms with E-state index >= 15 is 24.0 Å². The number of anilines is 1. The van der Waals surface area contributed by atoms with Gasteiger partial charge in [-0.15, -0.1) is 0 Å². The van der Waals surface area contributed by atoms with Crippen LogP contribution in [0.5, 0.6) is 46.0 Å². The number of primary amides is 1. The largest absolute Gasteiger partial charge is 0.507 e. The SMILES string of the molecule is CCCCCCCCCCNCCN[C@@]1(C)C[C@@H](O[C@H]2[C@H](Oc3c4cc5cc3Oc3ccc(cc3Cl)[C@@H](O)[C@@H]3NC(=O)[C@H](NC(=O)[C@@H]5NC(=O)[C@H](CC(N)=O)NC(=O)C(NC(=O)[C@@H](CC(C)C)NC)[C@H](O)c5ccc(c(Cl)c5)O4)c4ccc(O)c(c4)-c4c(cc(O)c(NCP(=O)(O)O)c4O)[C@@H](C(=O)O)NC3=O)O[C@H](CO)[C@@H](O)[C@@H]2O)O[C@@H](C)[C@H]1O. The maximum Gasteiger partial charge on any atom is 0.344 e. The van der Waals surface area contributed by atoms with Gasteiger partial charge in [-0.2, -0.15) is 0 Å². The first-order valence-electron chi connectivity index (χ1n) is 39.3. The van der Waals surface area contributed by atoms with E-state index in [1.807, 2.05) is 13.8 Å². The van der Waals surface area contributed by atoms with E-state index in [9.17, 15) is 79.8 Å². The Hall–Kier alpha value is -9.29. The molecule has 12 rings (SSSR count). The monoisotopic (exact) mass is 1740 g/mol. The molecule has 7 heterocycles. The molecule has 0 spiro atoms. The molecule has 7 aliphatic heterocycles. The first-order valence-corrected chi connectivity index (χ1v) is 41.8. The Morgan fingerprint density at radius 1 is 0.700 bits per heavy atom. The number of benzene rings is 5. The van der Waals surface area contributed by atoms with Crippen LogP contribution in [0.4, 0.5) is 5.69 Å². The summed E-state index contributed by atoms with van der Waals surface area (Å²) < 4.78 is 51.6. The van der Waals surface area contributed by atoms with Gasteiger partial charge in [0.2, 0.25) is 53.4 Å². The fraction of sp³-hybridized carbons (Fsp3) is 0.519. The molecule has 7 aliphatic rings. The van der Waals surface area contributed by atoms with Crippen molar-refractivity contribution in [3.63, 3.8) is 0 Å². The van der Waals surface area contributed by atoms with Crippen LogP contribution in [0.3, 0.4) is 0 Å². The lowest BCUT2D eigenvalue weighted by atomic mass is 9.85. The number of nitrogens with one attached hydrogen (secondary N) is 10. The number of phenols is 3. The average molecular weight is 1740 g/mol. The number of likely N-dealkylation sites (N-methyl/N-ethyl adjacent to an activating group) is 1. The number of carboxylic acids is 1. The molecular formula is C79H104Cl2N11O27P. The summed E-state index contributed by atoms with van der Waals surface area (Å²) in [6, 6.07) is -2.72. The Labute approximate surface area is 699 Å². The number of phenolic OH excluding ortho intramolecular Hbond substituents is 3. The number of aromatic hydroxyl groups is 3. The minimum atomic E-state index is -5.06. The van der Waals surface area contributed by atoms with Gasteiger partial charge in [-0.05, 0) is 123 Å². The summed E-state index contributed by atoms with van der Waals surface area (Å²) in [5.74, 6) is -17.5. The number of hydrogen-bond acceptors (Lipinski definition) is 28. The summed E-state index contributed by atoms with van der Waals surface area (Å²) in [4.78, 5) is 138. The van der Waals surface area contributed by atoms with Crippen LogP contribution in [0.15, 0.2) is 72.8 Å². The predicted octanol–water partition coefficient (Wildman–Crippen LogP) is 3.01. The van der Waals surface area contributed by atoms with Gasteiger partial charge in [0.25, 0.3) is 0 Å². The quantitative estimate of drug-likeness (QED) is 0.0186. The highest BCUT2D eigenvalue weighted by Crippen LogP contribution is 2.52. The highest BCUT2D eigenvalue weighted by molar-refractivity contribution is 7.51. The van der Waals surface area contributed by atoms with Gasteiger partial charge in [-0.3, -0.25) is 38.1 Å². The number of amides is 7. The zero-order chi connectivity index (χ0) is 87.5. The van der Waals surface area contributed by atoms with Crippen LogP contribution in [-0.2, 0) is 57.1 Å². The second-order valence-corrected chi connectivity index (χ2v) is 33.4. The van der Waals surface area contributed by atoms with Crippen LogP contribution in [0.2, 0.25) is 10.0 Å². The number of nitrogens with two attached hydrogens (primary N) is 1. The molecule has 2 saturated heterocycles. The number of ether oxygens (including phenoxy) is 6. The number of halogens is 2. The Balaban J connectivity index is 1.17. The molecule has 11 bridgehead atoms. The van der Waals surface area contributed by atoms with Crippen molar-refractivity contribution in [2.24, 2.45) is 11.7 Å². The second kappa shape index (κ2) is 40.6.